The van der Waals surface area contributed by atoms with Gasteiger partial charge < -0.3 is 4.90 Å². The van der Waals surface area contributed by atoms with Crippen molar-refractivity contribution in [2.75, 3.05) is 11.4 Å². The van der Waals surface area contributed by atoms with Crippen molar-refractivity contribution in [3.05, 3.63) is 72.9 Å². The molecule has 2 aromatic rings. The van der Waals surface area contributed by atoms with Gasteiger partial charge in [0.15, 0.2) is 0 Å². The Morgan fingerprint density at radius 2 is 1.50 bits per heavy atom. The summed E-state index contributed by atoms with van der Waals surface area (Å²) in [5, 5.41) is 0. The van der Waals surface area contributed by atoms with E-state index in [2.05, 4.69) is 0 Å². The van der Waals surface area contributed by atoms with Crippen LogP contribution in [0.3, 0.4) is 0 Å². The molecule has 1 aliphatic heterocycles. The maximum absolute atomic E-state index is 13.3. The van der Waals surface area contributed by atoms with Crippen LogP contribution in [0.1, 0.15) is 12.8 Å². The number of carbonyl (C=O) groups excluding carboxylic acids is 2. The van der Waals surface area contributed by atoms with Gasteiger partial charge in [-0.2, -0.15) is 13.2 Å². The fourth-order valence-electron chi connectivity index (χ4n) is 3.20. The summed E-state index contributed by atoms with van der Waals surface area (Å²) in [5.74, 6) is -2.19. The number of ketones is 1. The number of anilines is 2. The number of hydrogen-bond donors (Lipinski definition) is 0. The van der Waals surface area contributed by atoms with Crippen LogP contribution in [0.15, 0.2) is 72.9 Å². The van der Waals surface area contributed by atoms with Gasteiger partial charge in [-0.05, 0) is 37.1 Å². The molecule has 0 aromatic heterocycles. The quantitative estimate of drug-likeness (QED) is 0.710. The molecule has 0 bridgehead atoms. The zero-order chi connectivity index (χ0) is 20.1. The first-order chi connectivity index (χ1) is 13.4. The van der Waals surface area contributed by atoms with Crippen molar-refractivity contribution in [2.45, 2.75) is 25.1 Å². The molecule has 1 unspecified atom stereocenters. The van der Waals surface area contributed by atoms with Gasteiger partial charge in [-0.15, -0.1) is 0 Å². The second-order valence-corrected chi connectivity index (χ2v) is 6.42. The Balaban J connectivity index is 1.88. The van der Waals surface area contributed by atoms with Crippen molar-refractivity contribution in [3.8, 4) is 0 Å². The molecule has 4 nitrogen and oxygen atoms in total. The van der Waals surface area contributed by atoms with E-state index in [9.17, 15) is 22.8 Å². The van der Waals surface area contributed by atoms with E-state index in [0.717, 1.165) is 6.20 Å². The fourth-order valence-corrected chi connectivity index (χ4v) is 3.20. The number of carbonyl (C=O) groups is 2. The number of likely N-dealkylation sites (tertiary alicyclic amines) is 1. The number of alkyl halides is 3. The van der Waals surface area contributed by atoms with E-state index >= 15 is 0 Å². The average Bonchev–Trinajstić information content (AvgIpc) is 3.16. The van der Waals surface area contributed by atoms with E-state index < -0.39 is 18.0 Å². The predicted molar refractivity (Wildman–Crippen MR) is 100.0 cm³/mol. The van der Waals surface area contributed by atoms with Gasteiger partial charge in [0, 0.05) is 30.2 Å². The van der Waals surface area contributed by atoms with Crippen molar-refractivity contribution in [1.82, 2.24) is 4.90 Å². The number of benzene rings is 2. The van der Waals surface area contributed by atoms with E-state index in [1.807, 2.05) is 36.4 Å². The zero-order valence-corrected chi connectivity index (χ0v) is 15.0. The number of hydrogen-bond acceptors (Lipinski definition) is 3. The fraction of sp³-hybridized carbons (Fsp3) is 0.238. The highest BCUT2D eigenvalue weighted by Gasteiger charge is 2.37. The Morgan fingerprint density at radius 3 is 2.00 bits per heavy atom. The van der Waals surface area contributed by atoms with E-state index in [1.54, 1.807) is 29.2 Å². The Bertz CT molecular complexity index is 811. The van der Waals surface area contributed by atoms with Gasteiger partial charge in [0.2, 0.25) is 0 Å². The molecule has 0 radical (unpaired) electrons. The predicted octanol–water partition coefficient (Wildman–Crippen LogP) is 4.46. The Morgan fingerprint density at radius 1 is 0.964 bits per heavy atom. The van der Waals surface area contributed by atoms with Crippen molar-refractivity contribution in [1.29, 1.82) is 0 Å². The van der Waals surface area contributed by atoms with Crippen LogP contribution in [0.25, 0.3) is 0 Å². The number of nitrogens with zero attached hydrogens (tertiary/aromatic N) is 2. The molecule has 1 atom stereocenters. The standard InChI is InChI=1S/C21H19F3N2O2/c22-21(23,24)19(27)13-15-25-14-7-12-18(25)20(28)26(16-8-3-1-4-9-16)17-10-5-2-6-11-17/h1-6,8-11,13,15,18H,7,12,14H2. The molecule has 0 aliphatic carbocycles. The Labute approximate surface area is 160 Å². The van der Waals surface area contributed by atoms with Gasteiger partial charge in [-0.25, -0.2) is 0 Å². The van der Waals surface area contributed by atoms with Gasteiger partial charge >= 0.3 is 6.18 Å². The van der Waals surface area contributed by atoms with Crippen molar-refractivity contribution < 1.29 is 22.8 Å². The van der Waals surface area contributed by atoms with Gasteiger partial charge in [0.25, 0.3) is 11.7 Å². The highest BCUT2D eigenvalue weighted by atomic mass is 19.4. The van der Waals surface area contributed by atoms with Gasteiger partial charge in [0.1, 0.15) is 6.04 Å². The van der Waals surface area contributed by atoms with Crippen LogP contribution in [0.2, 0.25) is 0 Å². The maximum Gasteiger partial charge on any atom is 0.454 e. The van der Waals surface area contributed by atoms with Crippen LogP contribution in [0, 0.1) is 0 Å². The molecule has 0 spiro atoms. The van der Waals surface area contributed by atoms with Crippen molar-refractivity contribution >= 4 is 23.1 Å². The molecule has 1 fully saturated rings. The molecule has 1 heterocycles. The topological polar surface area (TPSA) is 40.6 Å². The summed E-state index contributed by atoms with van der Waals surface area (Å²) < 4.78 is 37.4. The zero-order valence-electron chi connectivity index (χ0n) is 15.0. The number of halogens is 3. The molecule has 3 rings (SSSR count). The minimum absolute atomic E-state index is 0.251. The lowest BCUT2D eigenvalue weighted by atomic mass is 10.1. The molecule has 7 heteroatoms. The molecular weight excluding hydrogens is 369 g/mol. The molecule has 1 amide bonds. The van der Waals surface area contributed by atoms with Crippen LogP contribution in [-0.4, -0.2) is 35.4 Å². The molecule has 1 saturated heterocycles. The summed E-state index contributed by atoms with van der Waals surface area (Å²) in [6.45, 7) is 0.412. The van der Waals surface area contributed by atoms with Crippen LogP contribution >= 0.6 is 0 Å². The molecule has 0 saturated carbocycles. The normalized spacial score (nSPS) is 17.1. The SMILES string of the molecule is O=C(C1CCCN1C=CC(=O)C(F)(F)F)N(c1ccccc1)c1ccccc1. The summed E-state index contributed by atoms with van der Waals surface area (Å²) in [6, 6.07) is 17.5. The van der Waals surface area contributed by atoms with Crippen molar-refractivity contribution in [3.63, 3.8) is 0 Å². The van der Waals surface area contributed by atoms with Crippen LogP contribution in [0.5, 0.6) is 0 Å². The van der Waals surface area contributed by atoms with Crippen LogP contribution < -0.4 is 4.90 Å². The van der Waals surface area contributed by atoms with Gasteiger partial charge in [-0.1, -0.05) is 36.4 Å². The lowest BCUT2D eigenvalue weighted by molar-refractivity contribution is -0.165. The minimum Gasteiger partial charge on any atom is -0.365 e. The maximum atomic E-state index is 13.3. The Hall–Kier alpha value is -3.09. The minimum atomic E-state index is -4.92. The Kier molecular flexibility index (Phi) is 5.82. The summed E-state index contributed by atoms with van der Waals surface area (Å²) >= 11 is 0. The van der Waals surface area contributed by atoms with Gasteiger partial charge in [-0.3, -0.25) is 14.5 Å². The van der Waals surface area contributed by atoms with E-state index in [-0.39, 0.29) is 5.91 Å². The second-order valence-electron chi connectivity index (χ2n) is 6.42. The molecule has 1 aliphatic rings. The first kappa shape index (κ1) is 19.7. The third-order valence-corrected chi connectivity index (χ3v) is 4.53. The molecule has 28 heavy (non-hydrogen) atoms. The number of rotatable bonds is 5. The second kappa shape index (κ2) is 8.29. The van der Waals surface area contributed by atoms with Crippen molar-refractivity contribution in [2.24, 2.45) is 0 Å². The summed E-state index contributed by atoms with van der Waals surface area (Å²) in [5.41, 5.74) is 1.33. The van der Waals surface area contributed by atoms with Crippen LogP contribution in [0.4, 0.5) is 24.5 Å². The summed E-state index contributed by atoms with van der Waals surface area (Å²) in [4.78, 5) is 27.5. The number of allylic oxidation sites excluding steroid dienone is 1. The highest BCUT2D eigenvalue weighted by Crippen LogP contribution is 2.30. The smallest absolute Gasteiger partial charge is 0.365 e. The number of amides is 1. The molecule has 146 valence electrons. The van der Waals surface area contributed by atoms with Gasteiger partial charge in [0.05, 0.1) is 0 Å². The first-order valence-electron chi connectivity index (χ1n) is 8.87. The monoisotopic (exact) mass is 388 g/mol. The van der Waals surface area contributed by atoms with E-state index in [1.165, 1.54) is 4.90 Å². The lowest BCUT2D eigenvalue weighted by Crippen LogP contribution is -2.42. The summed E-state index contributed by atoms with van der Waals surface area (Å²) in [7, 11) is 0. The molecule has 2 aromatic carbocycles. The molecular formula is C21H19F3N2O2. The van der Waals surface area contributed by atoms with E-state index in [4.69, 9.17) is 0 Å². The third kappa shape index (κ3) is 4.42. The number of para-hydroxylation sites is 2. The van der Waals surface area contributed by atoms with Crippen LogP contribution in [-0.2, 0) is 9.59 Å². The largest absolute Gasteiger partial charge is 0.454 e. The summed E-state index contributed by atoms with van der Waals surface area (Å²) in [6.07, 6.45) is -2.20. The third-order valence-electron chi connectivity index (χ3n) is 4.53. The first-order valence-corrected chi connectivity index (χ1v) is 8.87. The lowest BCUT2D eigenvalue weighted by Gasteiger charge is -2.30. The highest BCUT2D eigenvalue weighted by molar-refractivity contribution is 6.03. The van der Waals surface area contributed by atoms with E-state index in [0.29, 0.717) is 36.8 Å². The average molecular weight is 388 g/mol. The molecule has 0 N–H and O–H groups in total.